The molecule has 28 heavy (non-hydrogen) atoms. The van der Waals surface area contributed by atoms with Gasteiger partial charge in [-0.3, -0.25) is 4.79 Å². The van der Waals surface area contributed by atoms with E-state index in [0.29, 0.717) is 11.3 Å². The minimum atomic E-state index is -0.939. The zero-order valence-corrected chi connectivity index (χ0v) is 15.8. The Bertz CT molecular complexity index is 1020. The summed E-state index contributed by atoms with van der Waals surface area (Å²) in [6.07, 6.45) is 0.808. The summed E-state index contributed by atoms with van der Waals surface area (Å²) >= 11 is 0. The average molecular weight is 390 g/mol. The first-order valence-corrected chi connectivity index (χ1v) is 8.80. The molecule has 2 aromatic rings. The van der Waals surface area contributed by atoms with Gasteiger partial charge in [0.2, 0.25) is 0 Å². The van der Waals surface area contributed by atoms with Crippen molar-refractivity contribution in [2.75, 3.05) is 6.61 Å². The fraction of sp³-hybridized carbons (Fsp3) is 0.400. The molecule has 8 heteroatoms. The van der Waals surface area contributed by atoms with E-state index in [1.54, 1.807) is 20.8 Å². The third kappa shape index (κ3) is 3.36. The van der Waals surface area contributed by atoms with Gasteiger partial charge in [0.05, 0.1) is 12.2 Å². The summed E-state index contributed by atoms with van der Waals surface area (Å²) in [6.45, 7) is 4.16. The lowest BCUT2D eigenvalue weighted by molar-refractivity contribution is -0.157. The van der Waals surface area contributed by atoms with Crippen LogP contribution in [0, 0.1) is 0 Å². The van der Waals surface area contributed by atoms with Crippen molar-refractivity contribution in [2.24, 2.45) is 0 Å². The highest BCUT2D eigenvalue weighted by molar-refractivity contribution is 5.89. The molecule has 150 valence electrons. The van der Waals surface area contributed by atoms with Crippen LogP contribution < -0.4 is 10.2 Å². The topological polar surface area (TPSA) is 126 Å². The number of hydrogen-bond acceptors (Lipinski definition) is 8. The average Bonchev–Trinajstić information content (AvgIpc) is 2.63. The van der Waals surface area contributed by atoms with Gasteiger partial charge in [0.15, 0.2) is 5.43 Å². The molecule has 1 aliphatic heterocycles. The Labute approximate surface area is 160 Å². The third-order valence-corrected chi connectivity index (χ3v) is 4.83. The summed E-state index contributed by atoms with van der Waals surface area (Å²) < 4.78 is 16.9. The lowest BCUT2D eigenvalue weighted by Crippen LogP contribution is -2.49. The van der Waals surface area contributed by atoms with Crippen molar-refractivity contribution in [3.05, 3.63) is 45.3 Å². The van der Waals surface area contributed by atoms with Gasteiger partial charge in [0.1, 0.15) is 46.5 Å². The molecule has 0 fully saturated rings. The van der Waals surface area contributed by atoms with E-state index >= 15 is 0 Å². The van der Waals surface area contributed by atoms with Crippen LogP contribution in [-0.2, 0) is 22.6 Å². The van der Waals surface area contributed by atoms with Crippen LogP contribution in [0.3, 0.4) is 0 Å². The van der Waals surface area contributed by atoms with Crippen molar-refractivity contribution in [3.8, 4) is 11.5 Å². The lowest BCUT2D eigenvalue weighted by atomic mass is 9.89. The van der Waals surface area contributed by atoms with Crippen molar-refractivity contribution in [3.63, 3.8) is 0 Å². The molecule has 0 amide bonds. The van der Waals surface area contributed by atoms with E-state index in [1.807, 2.05) is 0 Å². The van der Waals surface area contributed by atoms with Gasteiger partial charge < -0.3 is 29.2 Å². The summed E-state index contributed by atoms with van der Waals surface area (Å²) in [6, 6.07) is 2.59. The number of allylic oxidation sites excluding steroid dienone is 1. The van der Waals surface area contributed by atoms with Crippen LogP contribution in [-0.4, -0.2) is 39.6 Å². The van der Waals surface area contributed by atoms with Gasteiger partial charge in [-0.05, 0) is 20.8 Å². The van der Waals surface area contributed by atoms with Crippen molar-refractivity contribution < 1.29 is 34.0 Å². The van der Waals surface area contributed by atoms with Gasteiger partial charge in [-0.2, -0.15) is 0 Å². The standard InChI is InChI=1S/C20H22O8/c1-4-10(8-21)19(25)27-16-6-12-14(28-20(16,2)3)7-15-17(18(12)24)13(23)5-11(9-22)26-15/h4-5,7,16,21-22,24H,6,8-9H2,1-3H3/b10-4-/t16-/m1/s1. The minimum absolute atomic E-state index is 0.0335. The number of carbonyl (C=O) groups is 1. The normalized spacial score (nSPS) is 18.5. The van der Waals surface area contributed by atoms with Gasteiger partial charge in [0.25, 0.3) is 0 Å². The molecule has 1 atom stereocenters. The Morgan fingerprint density at radius 1 is 1.36 bits per heavy atom. The lowest BCUT2D eigenvalue weighted by Gasteiger charge is -2.39. The fourth-order valence-corrected chi connectivity index (χ4v) is 3.18. The van der Waals surface area contributed by atoms with Crippen LogP contribution in [0.1, 0.15) is 32.1 Å². The molecule has 0 saturated heterocycles. The Morgan fingerprint density at radius 3 is 2.68 bits per heavy atom. The summed E-state index contributed by atoms with van der Waals surface area (Å²) in [5.74, 6) is -0.617. The van der Waals surface area contributed by atoms with E-state index in [0.717, 1.165) is 6.07 Å². The second-order valence-corrected chi connectivity index (χ2v) is 7.09. The number of fused-ring (bicyclic) bond motifs is 2. The van der Waals surface area contributed by atoms with Crippen LogP contribution in [0.15, 0.2) is 33.0 Å². The van der Waals surface area contributed by atoms with E-state index < -0.39 is 36.3 Å². The quantitative estimate of drug-likeness (QED) is 0.530. The SMILES string of the molecule is C/C=C(/CO)C(=O)O[C@@H]1Cc2c(cc3oc(CO)cc(=O)c3c2O)OC1(C)C. The number of phenolic OH excluding ortho intramolecular Hbond substituents is 1. The first-order valence-electron chi connectivity index (χ1n) is 8.80. The van der Waals surface area contributed by atoms with Crippen molar-refractivity contribution in [1.29, 1.82) is 0 Å². The zero-order valence-electron chi connectivity index (χ0n) is 15.8. The molecule has 1 aromatic heterocycles. The third-order valence-electron chi connectivity index (χ3n) is 4.83. The van der Waals surface area contributed by atoms with Crippen LogP contribution >= 0.6 is 0 Å². The van der Waals surface area contributed by atoms with Gasteiger partial charge >= 0.3 is 5.97 Å². The maximum absolute atomic E-state index is 12.3. The summed E-state index contributed by atoms with van der Waals surface area (Å²) in [5, 5.41) is 29.1. The van der Waals surface area contributed by atoms with Gasteiger partial charge in [-0.25, -0.2) is 4.79 Å². The molecule has 3 rings (SSSR count). The number of carbonyl (C=O) groups excluding carboxylic acids is 1. The number of esters is 1. The number of phenols is 1. The second-order valence-electron chi connectivity index (χ2n) is 7.09. The number of aliphatic hydroxyl groups is 2. The number of aromatic hydroxyl groups is 1. The maximum atomic E-state index is 12.3. The zero-order chi connectivity index (χ0) is 20.6. The number of ether oxygens (including phenoxy) is 2. The Hall–Kier alpha value is -2.84. The smallest absolute Gasteiger partial charge is 0.336 e. The minimum Gasteiger partial charge on any atom is -0.507 e. The highest BCUT2D eigenvalue weighted by Gasteiger charge is 2.42. The van der Waals surface area contributed by atoms with E-state index in [4.69, 9.17) is 13.9 Å². The van der Waals surface area contributed by atoms with E-state index in [1.165, 1.54) is 12.1 Å². The predicted molar refractivity (Wildman–Crippen MR) is 99.2 cm³/mol. The molecule has 0 saturated carbocycles. The molecular formula is C20H22O8. The highest BCUT2D eigenvalue weighted by Crippen LogP contribution is 2.42. The molecule has 2 heterocycles. The molecule has 0 aliphatic carbocycles. The Balaban J connectivity index is 2.06. The summed E-state index contributed by atoms with van der Waals surface area (Å²) in [7, 11) is 0. The largest absolute Gasteiger partial charge is 0.507 e. The van der Waals surface area contributed by atoms with Crippen LogP contribution in [0.5, 0.6) is 11.5 Å². The highest BCUT2D eigenvalue weighted by atomic mass is 16.6. The maximum Gasteiger partial charge on any atom is 0.336 e. The van der Waals surface area contributed by atoms with Crippen LogP contribution in [0.2, 0.25) is 0 Å². The number of hydrogen-bond donors (Lipinski definition) is 3. The van der Waals surface area contributed by atoms with E-state index in [9.17, 15) is 24.9 Å². The first kappa shape index (κ1) is 19.9. The molecule has 0 bridgehead atoms. The predicted octanol–water partition coefficient (Wildman–Crippen LogP) is 1.55. The van der Waals surface area contributed by atoms with Crippen molar-refractivity contribution in [1.82, 2.24) is 0 Å². The van der Waals surface area contributed by atoms with E-state index in [2.05, 4.69) is 0 Å². The monoisotopic (exact) mass is 390 g/mol. The number of aliphatic hydroxyl groups excluding tert-OH is 2. The molecule has 1 aromatic carbocycles. The first-order chi connectivity index (χ1) is 13.2. The second kappa shape index (κ2) is 7.29. The van der Waals surface area contributed by atoms with Gasteiger partial charge in [-0.15, -0.1) is 0 Å². The molecule has 3 N–H and O–H groups in total. The fourth-order valence-electron chi connectivity index (χ4n) is 3.18. The molecule has 0 spiro atoms. The van der Waals surface area contributed by atoms with Crippen molar-refractivity contribution >= 4 is 16.9 Å². The molecule has 0 radical (unpaired) electrons. The van der Waals surface area contributed by atoms with Crippen LogP contribution in [0.25, 0.3) is 11.0 Å². The van der Waals surface area contributed by atoms with E-state index in [-0.39, 0.29) is 34.5 Å². The number of rotatable bonds is 4. The summed E-state index contributed by atoms with van der Waals surface area (Å²) in [5.41, 5.74) is -0.913. The van der Waals surface area contributed by atoms with Gasteiger partial charge in [-0.1, -0.05) is 6.08 Å². The van der Waals surface area contributed by atoms with Crippen LogP contribution in [0.4, 0.5) is 0 Å². The molecule has 0 unspecified atom stereocenters. The molecule has 8 nitrogen and oxygen atoms in total. The molecular weight excluding hydrogens is 368 g/mol. The summed E-state index contributed by atoms with van der Waals surface area (Å²) in [4.78, 5) is 24.6. The van der Waals surface area contributed by atoms with Gasteiger partial charge in [0, 0.05) is 24.1 Å². The Morgan fingerprint density at radius 2 is 2.07 bits per heavy atom. The van der Waals surface area contributed by atoms with Crippen molar-refractivity contribution in [2.45, 2.75) is 45.5 Å². The Kier molecular flexibility index (Phi) is 5.18. The molecule has 1 aliphatic rings. The number of benzene rings is 1.